The lowest BCUT2D eigenvalue weighted by Crippen LogP contribution is -2.54. The topological polar surface area (TPSA) is 84.2 Å². The Morgan fingerprint density at radius 3 is 2.76 bits per heavy atom. The number of aromatic nitrogens is 1. The van der Waals surface area contributed by atoms with E-state index >= 15 is 0 Å². The highest BCUT2D eigenvalue weighted by atomic mass is 32.2. The first-order valence-electron chi connectivity index (χ1n) is 10.4. The SMILES string of the molecule is O=C(NCc1ccc(-c2nc3ccccc3s2)o1)C1CSC(Cc2ccc(F)cc2)C(=O)N1. The molecule has 9 heteroatoms. The van der Waals surface area contributed by atoms with Crippen LogP contribution in [0.3, 0.4) is 0 Å². The summed E-state index contributed by atoms with van der Waals surface area (Å²) in [6.45, 7) is 0.222. The molecule has 0 aliphatic carbocycles. The lowest BCUT2D eigenvalue weighted by Gasteiger charge is -2.28. The second kappa shape index (κ2) is 9.36. The van der Waals surface area contributed by atoms with Crippen LogP contribution in [0, 0.1) is 5.82 Å². The van der Waals surface area contributed by atoms with Crippen molar-refractivity contribution in [2.45, 2.75) is 24.3 Å². The molecule has 2 unspecified atom stereocenters. The summed E-state index contributed by atoms with van der Waals surface area (Å²) in [4.78, 5) is 29.6. The van der Waals surface area contributed by atoms with Crippen molar-refractivity contribution in [2.75, 3.05) is 5.75 Å². The van der Waals surface area contributed by atoms with Gasteiger partial charge in [-0.05, 0) is 48.4 Å². The van der Waals surface area contributed by atoms with Crippen LogP contribution in [0.4, 0.5) is 4.39 Å². The Bertz CT molecular complexity index is 1270. The molecule has 0 spiro atoms. The van der Waals surface area contributed by atoms with E-state index in [0.29, 0.717) is 23.7 Å². The highest BCUT2D eigenvalue weighted by Gasteiger charge is 2.32. The van der Waals surface area contributed by atoms with Crippen LogP contribution in [0.2, 0.25) is 0 Å². The van der Waals surface area contributed by atoms with Gasteiger partial charge in [0.2, 0.25) is 11.8 Å². The second-order valence-electron chi connectivity index (χ2n) is 7.68. The molecule has 6 nitrogen and oxygen atoms in total. The molecule has 33 heavy (non-hydrogen) atoms. The molecular weight excluding hydrogens is 461 g/mol. The van der Waals surface area contributed by atoms with Gasteiger partial charge in [-0.1, -0.05) is 24.3 Å². The number of thiazole rings is 1. The van der Waals surface area contributed by atoms with E-state index in [4.69, 9.17) is 4.42 Å². The van der Waals surface area contributed by atoms with Gasteiger partial charge in [0.05, 0.1) is 22.0 Å². The average Bonchev–Trinajstić information content (AvgIpc) is 3.47. The Labute approximate surface area is 197 Å². The maximum atomic E-state index is 13.1. The van der Waals surface area contributed by atoms with Crippen molar-refractivity contribution in [1.82, 2.24) is 15.6 Å². The molecule has 1 aliphatic heterocycles. The van der Waals surface area contributed by atoms with Gasteiger partial charge < -0.3 is 15.1 Å². The van der Waals surface area contributed by atoms with E-state index < -0.39 is 6.04 Å². The molecule has 2 aromatic heterocycles. The van der Waals surface area contributed by atoms with Crippen molar-refractivity contribution in [3.8, 4) is 10.8 Å². The second-order valence-corrected chi connectivity index (χ2v) is 9.95. The number of rotatable bonds is 6. The van der Waals surface area contributed by atoms with Gasteiger partial charge in [-0.25, -0.2) is 9.37 Å². The van der Waals surface area contributed by atoms with E-state index in [0.717, 1.165) is 20.8 Å². The number of fused-ring (bicyclic) bond motifs is 1. The molecule has 0 radical (unpaired) electrons. The average molecular weight is 482 g/mol. The number of nitrogens with zero attached hydrogens (tertiary/aromatic N) is 1. The van der Waals surface area contributed by atoms with Gasteiger partial charge in [-0.15, -0.1) is 23.1 Å². The Hall–Kier alpha value is -3.17. The van der Waals surface area contributed by atoms with Gasteiger partial charge in [0.25, 0.3) is 0 Å². The molecule has 4 aromatic rings. The molecule has 2 aromatic carbocycles. The van der Waals surface area contributed by atoms with E-state index in [2.05, 4.69) is 15.6 Å². The minimum absolute atomic E-state index is 0.188. The van der Waals surface area contributed by atoms with Crippen molar-refractivity contribution in [3.05, 3.63) is 77.8 Å². The Morgan fingerprint density at radius 2 is 1.97 bits per heavy atom. The number of hydrogen-bond donors (Lipinski definition) is 2. The molecule has 0 saturated carbocycles. The smallest absolute Gasteiger partial charge is 0.243 e. The number of carbonyl (C=O) groups is 2. The number of halogens is 1. The molecule has 2 N–H and O–H groups in total. The van der Waals surface area contributed by atoms with E-state index in [1.807, 2.05) is 36.4 Å². The number of nitrogens with one attached hydrogen (secondary N) is 2. The van der Waals surface area contributed by atoms with E-state index in [-0.39, 0.29) is 29.4 Å². The summed E-state index contributed by atoms with van der Waals surface area (Å²) in [6.07, 6.45) is 0.492. The molecule has 2 atom stereocenters. The molecule has 3 heterocycles. The van der Waals surface area contributed by atoms with E-state index in [1.54, 1.807) is 23.5 Å². The van der Waals surface area contributed by atoms with Crippen LogP contribution >= 0.6 is 23.1 Å². The lowest BCUT2D eigenvalue weighted by molar-refractivity contribution is -0.128. The van der Waals surface area contributed by atoms with E-state index in [9.17, 15) is 14.0 Å². The quantitative estimate of drug-likeness (QED) is 0.432. The highest BCUT2D eigenvalue weighted by molar-refractivity contribution is 8.00. The minimum Gasteiger partial charge on any atom is -0.457 e. The monoisotopic (exact) mass is 481 g/mol. The van der Waals surface area contributed by atoms with Crippen molar-refractivity contribution in [1.29, 1.82) is 0 Å². The van der Waals surface area contributed by atoms with Gasteiger partial charge in [0.1, 0.15) is 17.6 Å². The molecule has 2 amide bonds. The maximum Gasteiger partial charge on any atom is 0.243 e. The number of carbonyl (C=O) groups excluding carboxylic acids is 2. The first-order chi connectivity index (χ1) is 16.0. The lowest BCUT2D eigenvalue weighted by atomic mass is 10.1. The third-order valence-corrected chi connectivity index (χ3v) is 7.69. The van der Waals surface area contributed by atoms with Crippen molar-refractivity contribution in [3.63, 3.8) is 0 Å². The normalized spacial score (nSPS) is 18.3. The number of amides is 2. The predicted octanol–water partition coefficient (Wildman–Crippen LogP) is 4.15. The van der Waals surface area contributed by atoms with Crippen molar-refractivity contribution >= 4 is 45.1 Å². The van der Waals surface area contributed by atoms with Gasteiger partial charge in [-0.3, -0.25) is 9.59 Å². The van der Waals surface area contributed by atoms with Gasteiger partial charge >= 0.3 is 0 Å². The zero-order chi connectivity index (χ0) is 22.8. The first kappa shape index (κ1) is 21.7. The van der Waals surface area contributed by atoms with Crippen molar-refractivity contribution < 1.29 is 18.4 Å². The largest absolute Gasteiger partial charge is 0.457 e. The fourth-order valence-electron chi connectivity index (χ4n) is 3.58. The molecule has 0 bridgehead atoms. The number of thioether (sulfide) groups is 1. The number of para-hydroxylation sites is 1. The summed E-state index contributed by atoms with van der Waals surface area (Å²) < 4.78 is 20.0. The van der Waals surface area contributed by atoms with Crippen LogP contribution in [-0.2, 0) is 22.6 Å². The fourth-order valence-corrected chi connectivity index (χ4v) is 5.70. The predicted molar refractivity (Wildman–Crippen MR) is 127 cm³/mol. The van der Waals surface area contributed by atoms with Crippen LogP contribution in [0.15, 0.2) is 65.1 Å². The summed E-state index contributed by atoms with van der Waals surface area (Å²) >= 11 is 2.99. The maximum absolute atomic E-state index is 13.1. The summed E-state index contributed by atoms with van der Waals surface area (Å²) in [6, 6.07) is 17.1. The summed E-state index contributed by atoms with van der Waals surface area (Å²) in [5, 5.41) is 6.11. The Balaban J connectivity index is 1.14. The molecule has 1 saturated heterocycles. The van der Waals surface area contributed by atoms with Gasteiger partial charge in [0, 0.05) is 5.75 Å². The Kier molecular flexibility index (Phi) is 6.15. The molecule has 1 aliphatic rings. The molecular formula is C24H20FN3O3S2. The summed E-state index contributed by atoms with van der Waals surface area (Å²) in [5.74, 6) is 0.992. The van der Waals surface area contributed by atoms with Gasteiger partial charge in [-0.2, -0.15) is 0 Å². The molecule has 5 rings (SSSR count). The number of furan rings is 1. The van der Waals surface area contributed by atoms with Crippen LogP contribution < -0.4 is 10.6 Å². The van der Waals surface area contributed by atoms with Gasteiger partial charge in [0.15, 0.2) is 10.8 Å². The third-order valence-electron chi connectivity index (χ3n) is 5.33. The standard InChI is InChI=1S/C24H20FN3O3S2/c25-15-7-5-14(6-8-15)11-21-23(30)27-18(13-32-21)22(29)26-12-16-9-10-19(31-16)24-28-17-3-1-2-4-20(17)33-24/h1-10,18,21H,11-13H2,(H,26,29)(H,27,30). The van der Waals surface area contributed by atoms with Crippen molar-refractivity contribution in [2.24, 2.45) is 0 Å². The first-order valence-corrected chi connectivity index (χ1v) is 12.3. The fraction of sp³-hybridized carbons (Fsp3) is 0.208. The summed E-state index contributed by atoms with van der Waals surface area (Å²) in [5.41, 5.74) is 1.81. The third kappa shape index (κ3) is 4.94. The zero-order valence-electron chi connectivity index (χ0n) is 17.4. The van der Waals surface area contributed by atoms with Crippen LogP contribution in [0.5, 0.6) is 0 Å². The molecule has 168 valence electrons. The van der Waals surface area contributed by atoms with Crippen LogP contribution in [-0.4, -0.2) is 33.8 Å². The zero-order valence-corrected chi connectivity index (χ0v) is 19.0. The van der Waals surface area contributed by atoms with E-state index in [1.165, 1.54) is 23.9 Å². The van der Waals surface area contributed by atoms with Crippen LogP contribution in [0.25, 0.3) is 21.0 Å². The summed E-state index contributed by atoms with van der Waals surface area (Å²) in [7, 11) is 0. The number of hydrogen-bond acceptors (Lipinski definition) is 6. The van der Waals surface area contributed by atoms with Crippen LogP contribution in [0.1, 0.15) is 11.3 Å². The highest BCUT2D eigenvalue weighted by Crippen LogP contribution is 2.31. The molecule has 1 fully saturated rings. The minimum atomic E-state index is -0.606. The Morgan fingerprint density at radius 1 is 1.15 bits per heavy atom. The number of benzene rings is 2.